The topological polar surface area (TPSA) is 119 Å². The summed E-state index contributed by atoms with van der Waals surface area (Å²) in [4.78, 5) is 24.2. The van der Waals surface area contributed by atoms with Gasteiger partial charge in [0.25, 0.3) is 0 Å². The number of esters is 2. The molecule has 1 saturated carbocycles. The molecule has 2 aliphatic heterocycles. The van der Waals surface area contributed by atoms with Crippen molar-refractivity contribution in [1.82, 2.24) is 0 Å². The van der Waals surface area contributed by atoms with Crippen molar-refractivity contribution < 1.29 is 47.9 Å². The Labute approximate surface area is 335 Å². The van der Waals surface area contributed by atoms with E-state index in [-0.39, 0.29) is 61.8 Å². The van der Waals surface area contributed by atoms with Gasteiger partial charge < -0.3 is 38.3 Å². The molecule has 10 nitrogen and oxygen atoms in total. The molecule has 312 valence electrons. The highest BCUT2D eigenvalue weighted by Gasteiger charge is 2.43. The van der Waals surface area contributed by atoms with Gasteiger partial charge in [0.2, 0.25) is 0 Å². The fourth-order valence-corrected chi connectivity index (χ4v) is 8.72. The fourth-order valence-electron chi connectivity index (χ4n) is 7.73. The zero-order valence-corrected chi connectivity index (χ0v) is 34.5. The highest BCUT2D eigenvalue weighted by molar-refractivity contribution is 7.99. The van der Waals surface area contributed by atoms with Crippen LogP contribution >= 0.6 is 11.8 Å². The van der Waals surface area contributed by atoms with Crippen molar-refractivity contribution in [3.05, 3.63) is 47.5 Å². The molecular weight excluding hydrogens is 721 g/mol. The van der Waals surface area contributed by atoms with Gasteiger partial charge in [-0.1, -0.05) is 75.4 Å². The van der Waals surface area contributed by atoms with Crippen LogP contribution in [0.2, 0.25) is 0 Å². The Hall–Kier alpha value is -1.99. The first-order valence-electron chi connectivity index (χ1n) is 21.3. The molecule has 2 saturated heterocycles. The zero-order valence-electron chi connectivity index (χ0n) is 33.7. The van der Waals surface area contributed by atoms with Crippen LogP contribution < -0.4 is 0 Å². The molecule has 4 rings (SSSR count). The summed E-state index contributed by atoms with van der Waals surface area (Å²) in [6, 6.07) is 8.45. The second-order valence-corrected chi connectivity index (χ2v) is 16.5. The van der Waals surface area contributed by atoms with Gasteiger partial charge >= 0.3 is 11.9 Å². The van der Waals surface area contributed by atoms with Crippen LogP contribution in [0.4, 0.5) is 0 Å². The molecule has 0 bridgehead atoms. The van der Waals surface area contributed by atoms with Gasteiger partial charge in [0.1, 0.15) is 13.2 Å². The number of benzene rings is 1. The lowest BCUT2D eigenvalue weighted by Crippen LogP contribution is -2.31. The normalized spacial score (nSPS) is 24.9. The molecule has 2 unspecified atom stereocenters. The molecule has 0 amide bonds. The Morgan fingerprint density at radius 2 is 1.58 bits per heavy atom. The van der Waals surface area contributed by atoms with Crippen LogP contribution in [-0.2, 0) is 55.8 Å². The van der Waals surface area contributed by atoms with Crippen LogP contribution in [-0.4, -0.2) is 93.0 Å². The molecule has 0 radical (unpaired) electrons. The van der Waals surface area contributed by atoms with E-state index >= 15 is 0 Å². The Kier molecular flexibility index (Phi) is 22.9. The molecule has 0 spiro atoms. The third kappa shape index (κ3) is 18.4. The van der Waals surface area contributed by atoms with Gasteiger partial charge in [-0.2, -0.15) is 11.8 Å². The number of thioether (sulfide) groups is 1. The van der Waals surface area contributed by atoms with E-state index in [0.29, 0.717) is 51.9 Å². The van der Waals surface area contributed by atoms with E-state index in [0.717, 1.165) is 81.3 Å². The van der Waals surface area contributed by atoms with Gasteiger partial charge in [0.15, 0.2) is 12.6 Å². The van der Waals surface area contributed by atoms with Crippen molar-refractivity contribution in [3.8, 4) is 0 Å². The molecule has 3 aliphatic rings. The van der Waals surface area contributed by atoms with Gasteiger partial charge in [-0.3, -0.25) is 9.59 Å². The van der Waals surface area contributed by atoms with Crippen LogP contribution in [0, 0.1) is 11.8 Å². The third-order valence-electron chi connectivity index (χ3n) is 10.7. The number of aliphatic hydroxyl groups is 1. The summed E-state index contributed by atoms with van der Waals surface area (Å²) in [6.45, 7) is 4.38. The molecule has 55 heavy (non-hydrogen) atoms. The van der Waals surface area contributed by atoms with E-state index in [9.17, 15) is 14.7 Å². The molecular formula is C44H70O10S. The number of hydrogen-bond donors (Lipinski definition) is 1. The summed E-state index contributed by atoms with van der Waals surface area (Å²) in [5, 5.41) is 11.4. The maximum Gasteiger partial charge on any atom is 0.305 e. The zero-order chi connectivity index (χ0) is 38.9. The highest BCUT2D eigenvalue weighted by Crippen LogP contribution is 2.40. The summed E-state index contributed by atoms with van der Waals surface area (Å²) in [7, 11) is 1.71. The number of carbonyl (C=O) groups excluding carboxylic acids is 2. The maximum atomic E-state index is 12.3. The number of ether oxygens (including phenoxy) is 7. The van der Waals surface area contributed by atoms with Crippen LogP contribution in [0.15, 0.2) is 36.4 Å². The quantitative estimate of drug-likeness (QED) is 0.0525. The van der Waals surface area contributed by atoms with Gasteiger partial charge in [-0.15, -0.1) is 0 Å². The van der Waals surface area contributed by atoms with Gasteiger partial charge in [-0.05, 0) is 86.3 Å². The van der Waals surface area contributed by atoms with Gasteiger partial charge in [0.05, 0.1) is 24.9 Å². The van der Waals surface area contributed by atoms with Crippen molar-refractivity contribution in [2.45, 2.75) is 160 Å². The van der Waals surface area contributed by atoms with Crippen molar-refractivity contribution in [3.63, 3.8) is 0 Å². The van der Waals surface area contributed by atoms with E-state index in [2.05, 4.69) is 43.3 Å². The number of rotatable bonds is 27. The van der Waals surface area contributed by atoms with Gasteiger partial charge in [-0.25, -0.2) is 0 Å². The predicted molar refractivity (Wildman–Crippen MR) is 216 cm³/mol. The minimum absolute atomic E-state index is 0.00852. The van der Waals surface area contributed by atoms with E-state index in [1.54, 1.807) is 18.9 Å². The average Bonchev–Trinajstić information content (AvgIpc) is 3.48. The fraction of sp³-hybridized carbons (Fsp3) is 0.773. The number of aliphatic hydroxyl groups excluding tert-OH is 1. The number of unbranched alkanes of at least 4 members (excludes halogenated alkanes) is 5. The SMILES string of the molecule is CCCCCCCCC(=O)OCCOC(=O)CCCSCC[C@@H]1[C@@H](C=C[C@H](Cc2cccc(COC)c2)OC2CCCCO2)[C@H](OC2CCCCO2)C[C@@H]1O. The average molecular weight is 791 g/mol. The number of methoxy groups -OCH3 is 1. The number of carbonyl (C=O) groups is 2. The lowest BCUT2D eigenvalue weighted by Gasteiger charge is -2.30. The molecule has 7 atom stereocenters. The van der Waals surface area contributed by atoms with Crippen LogP contribution in [0.25, 0.3) is 0 Å². The molecule has 1 N–H and O–H groups in total. The Morgan fingerprint density at radius 1 is 0.891 bits per heavy atom. The number of hydrogen-bond acceptors (Lipinski definition) is 11. The largest absolute Gasteiger partial charge is 0.462 e. The molecule has 1 aromatic rings. The van der Waals surface area contributed by atoms with E-state index < -0.39 is 6.10 Å². The van der Waals surface area contributed by atoms with Crippen LogP contribution in [0.1, 0.15) is 127 Å². The van der Waals surface area contributed by atoms with Crippen molar-refractivity contribution in [1.29, 1.82) is 0 Å². The molecule has 2 heterocycles. The highest BCUT2D eigenvalue weighted by atomic mass is 32.2. The minimum atomic E-state index is -0.481. The van der Waals surface area contributed by atoms with Crippen LogP contribution in [0.5, 0.6) is 0 Å². The van der Waals surface area contributed by atoms with E-state index in [1.807, 2.05) is 0 Å². The molecule has 11 heteroatoms. The molecule has 3 fully saturated rings. The second kappa shape index (κ2) is 27.6. The summed E-state index contributed by atoms with van der Waals surface area (Å²) in [5.74, 6) is 1.23. The Bertz CT molecular complexity index is 1220. The Balaban J connectivity index is 1.24. The second-order valence-electron chi connectivity index (χ2n) is 15.3. The summed E-state index contributed by atoms with van der Waals surface area (Å²) >= 11 is 1.79. The Morgan fingerprint density at radius 3 is 2.29 bits per heavy atom. The van der Waals surface area contributed by atoms with E-state index in [1.165, 1.54) is 24.8 Å². The first-order valence-corrected chi connectivity index (χ1v) is 22.5. The van der Waals surface area contributed by atoms with Gasteiger partial charge in [0, 0.05) is 51.9 Å². The predicted octanol–water partition coefficient (Wildman–Crippen LogP) is 8.49. The lowest BCUT2D eigenvalue weighted by molar-refractivity contribution is -0.193. The smallest absolute Gasteiger partial charge is 0.305 e. The van der Waals surface area contributed by atoms with E-state index in [4.69, 9.17) is 33.2 Å². The van der Waals surface area contributed by atoms with Crippen molar-refractivity contribution >= 4 is 23.7 Å². The monoisotopic (exact) mass is 790 g/mol. The summed E-state index contributed by atoms with van der Waals surface area (Å²) in [5.41, 5.74) is 2.30. The first kappa shape index (κ1) is 45.7. The summed E-state index contributed by atoms with van der Waals surface area (Å²) in [6.07, 6.45) is 19.4. The maximum absolute atomic E-state index is 12.3. The molecule has 1 aromatic carbocycles. The molecule has 1 aliphatic carbocycles. The standard InChI is InChI=1S/C44H70O10S/c1-3-4-5-6-7-8-17-41(46)49-26-27-50-42(47)18-14-28-55-29-23-37-38(40(32-39(37)45)54-44-20-10-12-25-52-44)22-21-36(53-43-19-9-11-24-51-43)31-34-15-13-16-35(30-34)33-48-2/h13,15-16,21-22,30,36-40,43-45H,3-12,14,17-20,23-29,31-33H2,1-2H3/t36-,37-,38-,39+,40-,43?,44?/m1/s1. The minimum Gasteiger partial charge on any atom is -0.462 e. The summed E-state index contributed by atoms with van der Waals surface area (Å²) < 4.78 is 41.0. The first-order chi connectivity index (χ1) is 26.9. The third-order valence-corrected chi connectivity index (χ3v) is 11.8. The van der Waals surface area contributed by atoms with Crippen molar-refractivity contribution in [2.24, 2.45) is 11.8 Å². The van der Waals surface area contributed by atoms with Crippen molar-refractivity contribution in [2.75, 3.05) is 45.0 Å². The molecule has 0 aromatic heterocycles. The van der Waals surface area contributed by atoms with Crippen LogP contribution in [0.3, 0.4) is 0 Å². The lowest BCUT2D eigenvalue weighted by atomic mass is 9.90.